The van der Waals surface area contributed by atoms with E-state index in [-0.39, 0.29) is 6.10 Å². The number of benzene rings is 2. The third-order valence-electron chi connectivity index (χ3n) is 4.56. The van der Waals surface area contributed by atoms with E-state index in [9.17, 15) is 0 Å². The van der Waals surface area contributed by atoms with Crippen molar-refractivity contribution in [2.75, 3.05) is 6.54 Å². The molecule has 3 heteroatoms. The summed E-state index contributed by atoms with van der Waals surface area (Å²) in [7, 11) is 0. The van der Waals surface area contributed by atoms with E-state index in [0.29, 0.717) is 5.92 Å². The van der Waals surface area contributed by atoms with Crippen molar-refractivity contribution in [2.45, 2.75) is 45.3 Å². The molecule has 0 saturated carbocycles. The number of rotatable bonds is 10. The molecular formula is C24H29NO2. The molecule has 0 aliphatic rings. The summed E-state index contributed by atoms with van der Waals surface area (Å²) in [5.41, 5.74) is 2.61. The van der Waals surface area contributed by atoms with Crippen molar-refractivity contribution in [1.29, 1.82) is 0 Å². The average Bonchev–Trinajstić information content (AvgIpc) is 3.20. The minimum atomic E-state index is 0.206. The first-order valence-electron chi connectivity index (χ1n) is 9.74. The fourth-order valence-electron chi connectivity index (χ4n) is 3.23. The van der Waals surface area contributed by atoms with Gasteiger partial charge in [0.1, 0.15) is 11.5 Å². The molecule has 2 aromatic carbocycles. The maximum atomic E-state index is 5.69. The quantitative estimate of drug-likeness (QED) is 0.478. The Bertz CT molecular complexity index is 764. The maximum Gasteiger partial charge on any atom is 0.119 e. The van der Waals surface area contributed by atoms with E-state index < -0.39 is 0 Å². The monoisotopic (exact) mass is 363 g/mol. The first-order chi connectivity index (χ1) is 13.2. The topological polar surface area (TPSA) is 34.4 Å². The van der Waals surface area contributed by atoms with Crippen molar-refractivity contribution >= 4 is 0 Å². The highest BCUT2D eigenvalue weighted by molar-refractivity contribution is 5.27. The fourth-order valence-corrected chi connectivity index (χ4v) is 3.23. The summed E-state index contributed by atoms with van der Waals surface area (Å²) >= 11 is 0. The fraction of sp³-hybridized carbons (Fsp3) is 0.333. The van der Waals surface area contributed by atoms with Gasteiger partial charge in [-0.15, -0.1) is 0 Å². The molecule has 0 unspecified atom stereocenters. The predicted molar refractivity (Wildman–Crippen MR) is 110 cm³/mol. The summed E-state index contributed by atoms with van der Waals surface area (Å²) in [5, 5.41) is 3.56. The van der Waals surface area contributed by atoms with Crippen LogP contribution in [0.2, 0.25) is 0 Å². The molecule has 0 saturated heterocycles. The standard InChI is InChI=1S/C24H29NO2/c1-19(2)27-23-12-10-21(11-13-23)18-25-15-14-22(24-9-6-16-26-24)17-20-7-4-3-5-8-20/h3-13,16,19,22,25H,14-15,17-18H2,1-2H3/t22-/m1/s1. The lowest BCUT2D eigenvalue weighted by atomic mass is 9.94. The van der Waals surface area contributed by atoms with Crippen LogP contribution in [-0.4, -0.2) is 12.6 Å². The minimum absolute atomic E-state index is 0.206. The van der Waals surface area contributed by atoms with E-state index >= 15 is 0 Å². The third-order valence-corrected chi connectivity index (χ3v) is 4.56. The molecule has 1 aromatic heterocycles. The predicted octanol–water partition coefficient (Wildman–Crippen LogP) is 5.57. The Kier molecular flexibility index (Phi) is 7.11. The van der Waals surface area contributed by atoms with Crippen molar-refractivity contribution < 1.29 is 9.15 Å². The summed E-state index contributed by atoms with van der Waals surface area (Å²) in [4.78, 5) is 0. The molecule has 3 rings (SSSR count). The first-order valence-corrected chi connectivity index (χ1v) is 9.74. The van der Waals surface area contributed by atoms with Gasteiger partial charge < -0.3 is 14.5 Å². The van der Waals surface area contributed by atoms with Crippen LogP contribution in [-0.2, 0) is 13.0 Å². The van der Waals surface area contributed by atoms with Gasteiger partial charge in [0.2, 0.25) is 0 Å². The zero-order valence-electron chi connectivity index (χ0n) is 16.2. The van der Waals surface area contributed by atoms with Crippen LogP contribution in [0.5, 0.6) is 5.75 Å². The summed E-state index contributed by atoms with van der Waals surface area (Å²) < 4.78 is 11.4. The highest BCUT2D eigenvalue weighted by Gasteiger charge is 2.15. The van der Waals surface area contributed by atoms with Gasteiger partial charge in [0.15, 0.2) is 0 Å². The number of hydrogen-bond donors (Lipinski definition) is 1. The van der Waals surface area contributed by atoms with Gasteiger partial charge in [0, 0.05) is 12.5 Å². The molecule has 1 atom stereocenters. The van der Waals surface area contributed by atoms with Gasteiger partial charge in [-0.25, -0.2) is 0 Å². The van der Waals surface area contributed by atoms with E-state index in [4.69, 9.17) is 9.15 Å². The van der Waals surface area contributed by atoms with Crippen LogP contribution < -0.4 is 10.1 Å². The SMILES string of the molecule is CC(C)Oc1ccc(CNCC[C@H](Cc2ccccc2)c2ccco2)cc1. The molecular weight excluding hydrogens is 334 g/mol. The van der Waals surface area contributed by atoms with Crippen molar-refractivity contribution in [3.63, 3.8) is 0 Å². The molecule has 3 aromatic rings. The molecule has 27 heavy (non-hydrogen) atoms. The second-order valence-electron chi connectivity index (χ2n) is 7.18. The van der Waals surface area contributed by atoms with Gasteiger partial charge in [-0.2, -0.15) is 0 Å². The number of hydrogen-bond acceptors (Lipinski definition) is 3. The molecule has 0 spiro atoms. The Morgan fingerprint density at radius 2 is 1.67 bits per heavy atom. The molecule has 0 aliphatic heterocycles. The molecule has 1 N–H and O–H groups in total. The summed E-state index contributed by atoms with van der Waals surface area (Å²) in [6, 6.07) is 23.0. The number of nitrogens with one attached hydrogen (secondary N) is 1. The molecule has 3 nitrogen and oxygen atoms in total. The minimum Gasteiger partial charge on any atom is -0.491 e. The molecule has 0 aliphatic carbocycles. The van der Waals surface area contributed by atoms with Crippen molar-refractivity contribution in [1.82, 2.24) is 5.32 Å². The number of ether oxygens (including phenoxy) is 1. The highest BCUT2D eigenvalue weighted by Crippen LogP contribution is 2.24. The van der Waals surface area contributed by atoms with E-state index in [2.05, 4.69) is 53.8 Å². The normalized spacial score (nSPS) is 12.3. The van der Waals surface area contributed by atoms with Crippen LogP contribution in [0, 0.1) is 0 Å². The Balaban J connectivity index is 1.49. The molecule has 0 amide bonds. The lowest BCUT2D eigenvalue weighted by molar-refractivity contribution is 0.242. The molecule has 142 valence electrons. The Labute approximate surface area is 162 Å². The van der Waals surface area contributed by atoms with Gasteiger partial charge in [0.25, 0.3) is 0 Å². The molecule has 0 bridgehead atoms. The third kappa shape index (κ3) is 6.30. The summed E-state index contributed by atoms with van der Waals surface area (Å²) in [6.07, 6.45) is 4.01. The zero-order valence-corrected chi connectivity index (χ0v) is 16.2. The van der Waals surface area contributed by atoms with E-state index in [0.717, 1.165) is 37.4 Å². The zero-order chi connectivity index (χ0) is 18.9. The van der Waals surface area contributed by atoms with Crippen LogP contribution in [0.1, 0.15) is 43.1 Å². The van der Waals surface area contributed by atoms with E-state index in [1.807, 2.05) is 32.0 Å². The first kappa shape index (κ1) is 19.2. The van der Waals surface area contributed by atoms with E-state index in [1.54, 1.807) is 6.26 Å². The van der Waals surface area contributed by atoms with Crippen molar-refractivity contribution in [3.05, 3.63) is 89.9 Å². The van der Waals surface area contributed by atoms with Gasteiger partial charge in [-0.1, -0.05) is 42.5 Å². The molecule has 0 fully saturated rings. The lowest BCUT2D eigenvalue weighted by Gasteiger charge is -2.15. The van der Waals surface area contributed by atoms with Crippen LogP contribution in [0.4, 0.5) is 0 Å². The van der Waals surface area contributed by atoms with Gasteiger partial charge in [-0.05, 0) is 68.6 Å². The second-order valence-corrected chi connectivity index (χ2v) is 7.18. The second kappa shape index (κ2) is 9.98. The van der Waals surface area contributed by atoms with Crippen molar-refractivity contribution in [3.8, 4) is 5.75 Å². The average molecular weight is 364 g/mol. The van der Waals surface area contributed by atoms with Gasteiger partial charge in [0.05, 0.1) is 12.4 Å². The molecule has 0 radical (unpaired) electrons. The van der Waals surface area contributed by atoms with Crippen LogP contribution in [0.15, 0.2) is 77.4 Å². The smallest absolute Gasteiger partial charge is 0.119 e. The summed E-state index contributed by atoms with van der Waals surface area (Å²) in [5.74, 6) is 2.38. The maximum absolute atomic E-state index is 5.69. The van der Waals surface area contributed by atoms with E-state index in [1.165, 1.54) is 11.1 Å². The Morgan fingerprint density at radius 1 is 0.889 bits per heavy atom. The largest absolute Gasteiger partial charge is 0.491 e. The lowest BCUT2D eigenvalue weighted by Crippen LogP contribution is -2.18. The van der Waals surface area contributed by atoms with Crippen LogP contribution in [0.3, 0.4) is 0 Å². The molecule has 1 heterocycles. The number of furan rings is 1. The Morgan fingerprint density at radius 3 is 2.33 bits per heavy atom. The highest BCUT2D eigenvalue weighted by atomic mass is 16.5. The Hall–Kier alpha value is -2.52. The van der Waals surface area contributed by atoms with Gasteiger partial charge in [-0.3, -0.25) is 0 Å². The van der Waals surface area contributed by atoms with Crippen LogP contribution in [0.25, 0.3) is 0 Å². The summed E-state index contributed by atoms with van der Waals surface area (Å²) in [6.45, 7) is 5.89. The van der Waals surface area contributed by atoms with Crippen LogP contribution >= 0.6 is 0 Å². The van der Waals surface area contributed by atoms with Gasteiger partial charge >= 0.3 is 0 Å². The van der Waals surface area contributed by atoms with Crippen molar-refractivity contribution in [2.24, 2.45) is 0 Å².